The largest absolute Gasteiger partial charge is 0.469 e. The van der Waals surface area contributed by atoms with E-state index in [1.165, 1.54) is 56.2 Å². The molecule has 0 saturated heterocycles. The van der Waals surface area contributed by atoms with Crippen LogP contribution < -0.4 is 16.4 Å². The Labute approximate surface area is 298 Å². The third-order valence-electron chi connectivity index (χ3n) is 8.29. The molecule has 52 heavy (non-hydrogen) atoms. The molecule has 0 aliphatic heterocycles. The number of pyridine rings is 1. The van der Waals surface area contributed by atoms with Crippen molar-refractivity contribution in [1.29, 1.82) is 5.26 Å². The number of methoxy groups -OCH3 is 1. The number of halogens is 1. The molecule has 0 unspecified atom stereocenters. The number of carbonyl (C=O) groups is 2. The summed E-state index contributed by atoms with van der Waals surface area (Å²) in [7, 11) is -2.79. The number of anilines is 2. The van der Waals surface area contributed by atoms with Gasteiger partial charge >= 0.3 is 5.97 Å². The van der Waals surface area contributed by atoms with Crippen molar-refractivity contribution in [3.63, 3.8) is 0 Å². The molecule has 0 saturated carbocycles. The van der Waals surface area contributed by atoms with Gasteiger partial charge < -0.3 is 21.1 Å². The number of nitrogens with one attached hydrogen (secondary N) is 2. The Morgan fingerprint density at radius 3 is 2.44 bits per heavy atom. The molecule has 3 aromatic carbocycles. The topological polar surface area (TPSA) is 195 Å². The molecule has 0 spiro atoms. The monoisotopic (exact) mass is 718 g/mol. The molecule has 1 amide bonds. The van der Waals surface area contributed by atoms with Crippen LogP contribution in [-0.2, 0) is 26.0 Å². The number of ether oxygens (including phenoxy) is 1. The number of aromatic nitrogens is 4. The third kappa shape index (κ3) is 7.42. The lowest BCUT2D eigenvalue weighted by Gasteiger charge is -2.21. The third-order valence-corrected chi connectivity index (χ3v) is 9.95. The van der Waals surface area contributed by atoms with E-state index in [2.05, 4.69) is 25.6 Å². The van der Waals surface area contributed by atoms with Crippen molar-refractivity contribution in [2.75, 3.05) is 24.7 Å². The zero-order chi connectivity index (χ0) is 36.8. The van der Waals surface area contributed by atoms with Crippen LogP contribution >= 0.6 is 0 Å². The Morgan fingerprint density at radius 1 is 1.02 bits per heavy atom. The second kappa shape index (κ2) is 15.1. The van der Waals surface area contributed by atoms with Crippen LogP contribution in [0.3, 0.4) is 0 Å². The molecule has 1 atom stereocenters. The fraction of sp³-hybridized carbons (Fsp3) is 0.135. The summed E-state index contributed by atoms with van der Waals surface area (Å²) in [5, 5.41) is 15.8. The lowest BCUT2D eigenvalue weighted by molar-refractivity contribution is -0.140. The highest BCUT2D eigenvalue weighted by Crippen LogP contribution is 2.36. The summed E-state index contributed by atoms with van der Waals surface area (Å²) in [5.74, 6) is -1.20. The van der Waals surface area contributed by atoms with Crippen molar-refractivity contribution in [1.82, 2.24) is 24.2 Å². The Kier molecular flexibility index (Phi) is 10.2. The molecule has 3 aromatic heterocycles. The quantitative estimate of drug-likeness (QED) is 0.144. The van der Waals surface area contributed by atoms with Crippen LogP contribution in [-0.4, -0.2) is 52.9 Å². The van der Waals surface area contributed by atoms with Crippen molar-refractivity contribution in [3.8, 4) is 17.2 Å². The van der Waals surface area contributed by atoms with Crippen molar-refractivity contribution < 1.29 is 27.1 Å². The smallest absolute Gasteiger partial charge is 0.307 e. The molecule has 3 heterocycles. The number of rotatable bonds is 12. The molecule has 0 aliphatic carbocycles. The maximum atomic E-state index is 13.6. The number of hydrogen-bond acceptors (Lipinski definition) is 11. The van der Waals surface area contributed by atoms with Gasteiger partial charge in [-0.25, -0.2) is 31.7 Å². The number of esters is 1. The highest BCUT2D eigenvalue weighted by molar-refractivity contribution is 7.90. The van der Waals surface area contributed by atoms with Crippen LogP contribution in [0.2, 0.25) is 0 Å². The maximum Gasteiger partial charge on any atom is 0.307 e. The highest BCUT2D eigenvalue weighted by atomic mass is 32.2. The number of nitriles is 1. The molecule has 0 fully saturated rings. The minimum atomic E-state index is -4.04. The molecule has 15 heteroatoms. The zero-order valence-corrected chi connectivity index (χ0v) is 28.5. The number of carbonyl (C=O) groups excluding carboxylic acids is 2. The van der Waals surface area contributed by atoms with Gasteiger partial charge in [0.1, 0.15) is 29.8 Å². The summed E-state index contributed by atoms with van der Waals surface area (Å²) in [6, 6.07) is 23.4. The average Bonchev–Trinajstić information content (AvgIpc) is 3.58. The fourth-order valence-corrected chi connectivity index (χ4v) is 6.95. The predicted molar refractivity (Wildman–Crippen MR) is 191 cm³/mol. The minimum Gasteiger partial charge on any atom is -0.469 e. The van der Waals surface area contributed by atoms with E-state index in [0.29, 0.717) is 28.5 Å². The van der Waals surface area contributed by atoms with E-state index in [1.54, 1.807) is 54.6 Å². The zero-order valence-electron chi connectivity index (χ0n) is 27.7. The molecule has 0 bridgehead atoms. The van der Waals surface area contributed by atoms with Crippen molar-refractivity contribution in [2.24, 2.45) is 0 Å². The maximum absolute atomic E-state index is 13.6. The molecular formula is C37H31FN8O5S. The van der Waals surface area contributed by atoms with Crippen molar-refractivity contribution in [3.05, 3.63) is 132 Å². The van der Waals surface area contributed by atoms with Gasteiger partial charge in [0.15, 0.2) is 5.65 Å². The van der Waals surface area contributed by atoms with Crippen LogP contribution in [0.25, 0.3) is 22.2 Å². The van der Waals surface area contributed by atoms with E-state index in [-0.39, 0.29) is 52.1 Å². The lowest BCUT2D eigenvalue weighted by Crippen LogP contribution is -2.28. The molecule has 4 N–H and O–H groups in total. The first kappa shape index (κ1) is 35.2. The van der Waals surface area contributed by atoms with Gasteiger partial charge in [-0.15, -0.1) is 0 Å². The molecule has 0 aliphatic rings. The summed E-state index contributed by atoms with van der Waals surface area (Å²) in [6.45, 7) is 0.229. The van der Waals surface area contributed by atoms with Crippen LogP contribution in [0.1, 0.15) is 39.5 Å². The lowest BCUT2D eigenvalue weighted by atomic mass is 9.98. The number of nitrogens with two attached hydrogens (primary N) is 1. The van der Waals surface area contributed by atoms with Gasteiger partial charge in [0.2, 0.25) is 0 Å². The SMILES string of the molecule is COC(=O)C[C@@H](Nc1ncc(C#N)cc1C(=O)NCCc1ccc(F)cc1)c1ccc(-c2cn(S(=O)(=O)c3ccccc3)c3ncnc(N)c23)cc1. The highest BCUT2D eigenvalue weighted by Gasteiger charge is 2.25. The minimum absolute atomic E-state index is 0.0695. The predicted octanol–water partition coefficient (Wildman–Crippen LogP) is 5.01. The van der Waals surface area contributed by atoms with Crippen molar-refractivity contribution in [2.45, 2.75) is 23.8 Å². The molecule has 6 rings (SSSR count). The first-order valence-electron chi connectivity index (χ1n) is 15.9. The normalized spacial score (nSPS) is 11.8. The molecule has 0 radical (unpaired) electrons. The molecule has 13 nitrogen and oxygen atoms in total. The Balaban J connectivity index is 1.31. The van der Waals surface area contributed by atoms with Crippen LogP contribution in [0.5, 0.6) is 0 Å². The van der Waals surface area contributed by atoms with E-state index in [4.69, 9.17) is 10.5 Å². The summed E-state index contributed by atoms with van der Waals surface area (Å²) in [6.07, 6.45) is 4.23. The number of benzene rings is 3. The first-order chi connectivity index (χ1) is 25.1. The Bertz CT molecular complexity index is 2410. The number of fused-ring (bicyclic) bond motifs is 1. The van der Waals surface area contributed by atoms with E-state index in [0.717, 1.165) is 9.54 Å². The van der Waals surface area contributed by atoms with Gasteiger partial charge in [-0.2, -0.15) is 5.26 Å². The molecule has 262 valence electrons. The van der Waals surface area contributed by atoms with Gasteiger partial charge in [-0.3, -0.25) is 9.59 Å². The fourth-order valence-electron chi connectivity index (χ4n) is 5.61. The second-order valence-electron chi connectivity index (χ2n) is 11.6. The Morgan fingerprint density at radius 2 is 1.75 bits per heavy atom. The van der Waals surface area contributed by atoms with Gasteiger partial charge in [-0.1, -0.05) is 54.6 Å². The summed E-state index contributed by atoms with van der Waals surface area (Å²) in [5.41, 5.74) is 9.07. The molecule has 6 aromatic rings. The summed E-state index contributed by atoms with van der Waals surface area (Å²) >= 11 is 0. The van der Waals surface area contributed by atoms with Crippen LogP contribution in [0, 0.1) is 17.1 Å². The van der Waals surface area contributed by atoms with E-state index in [9.17, 15) is 27.7 Å². The standard InChI is InChI=1S/C37H31FN8O5S/c1-51-32(47)18-31(45-35-29(17-24(19-39)20-42-35)37(48)41-16-15-23-7-13-27(38)14-8-23)26-11-9-25(10-12-26)30-21-46(36-33(30)34(40)43-22-44-36)52(49,50)28-5-3-2-4-6-28/h2-14,17,20-22,31H,15-16,18H2,1H3,(H,41,48)(H,42,45)(H2,40,43,44)/t31-/m1/s1. The first-order valence-corrected chi connectivity index (χ1v) is 17.3. The Hall–Kier alpha value is -6.66. The van der Waals surface area contributed by atoms with Gasteiger partial charge in [-0.05, 0) is 53.4 Å². The van der Waals surface area contributed by atoms with E-state index in [1.807, 2.05) is 6.07 Å². The summed E-state index contributed by atoms with van der Waals surface area (Å²) < 4.78 is 46.6. The van der Waals surface area contributed by atoms with Gasteiger partial charge in [0.25, 0.3) is 15.9 Å². The van der Waals surface area contributed by atoms with Gasteiger partial charge in [0.05, 0.1) is 41.0 Å². The molecular weight excluding hydrogens is 688 g/mol. The number of nitrogen functional groups attached to an aromatic ring is 1. The number of amides is 1. The number of hydrogen-bond donors (Lipinski definition) is 3. The summed E-state index contributed by atoms with van der Waals surface area (Å²) in [4.78, 5) is 38.7. The second-order valence-corrected chi connectivity index (χ2v) is 13.4. The van der Waals surface area contributed by atoms with E-state index < -0.39 is 27.9 Å². The number of nitrogens with zero attached hydrogens (tertiary/aromatic N) is 5. The van der Waals surface area contributed by atoms with Crippen LogP contribution in [0.15, 0.2) is 109 Å². The van der Waals surface area contributed by atoms with Crippen molar-refractivity contribution >= 4 is 44.6 Å². The van der Waals surface area contributed by atoms with Crippen LogP contribution in [0.4, 0.5) is 16.0 Å². The average molecular weight is 719 g/mol. The van der Waals surface area contributed by atoms with E-state index >= 15 is 0 Å². The van der Waals surface area contributed by atoms with Gasteiger partial charge in [0, 0.05) is 24.5 Å².